The smallest absolute Gasteiger partial charge is 0.128 e. The molecule has 1 aliphatic rings. The van der Waals surface area contributed by atoms with Crippen LogP contribution >= 0.6 is 11.6 Å². The highest BCUT2D eigenvalue weighted by Gasteiger charge is 2.23. The highest BCUT2D eigenvalue weighted by molar-refractivity contribution is 6.38. The number of ether oxygens (including phenoxy) is 1. The zero-order chi connectivity index (χ0) is 24.2. The van der Waals surface area contributed by atoms with Crippen LogP contribution in [-0.4, -0.2) is 35.3 Å². The molecule has 3 aromatic rings. The maximum atomic E-state index is 9.13. The van der Waals surface area contributed by atoms with Crippen molar-refractivity contribution in [3.63, 3.8) is 0 Å². The number of rotatable bonds is 5. The van der Waals surface area contributed by atoms with Crippen molar-refractivity contribution in [3.05, 3.63) is 83.7 Å². The van der Waals surface area contributed by atoms with Crippen LogP contribution in [0.1, 0.15) is 26.3 Å². The Labute approximate surface area is 205 Å². The summed E-state index contributed by atoms with van der Waals surface area (Å²) in [5.74, 6) is 0.930. The minimum atomic E-state index is 0.174. The van der Waals surface area contributed by atoms with E-state index in [0.29, 0.717) is 10.6 Å². The first-order valence-electron chi connectivity index (χ1n) is 11.3. The van der Waals surface area contributed by atoms with E-state index in [1.54, 1.807) is 18.3 Å². The van der Waals surface area contributed by atoms with Crippen LogP contribution in [0.3, 0.4) is 0 Å². The molecular formula is C28H27ClN4O. The summed E-state index contributed by atoms with van der Waals surface area (Å²) in [5.41, 5.74) is 4.72. The first kappa shape index (κ1) is 23.7. The second-order valence-electron chi connectivity index (χ2n) is 8.47. The number of aromatic nitrogens is 2. The monoisotopic (exact) mass is 470 g/mol. The van der Waals surface area contributed by atoms with Crippen LogP contribution in [0.2, 0.25) is 5.02 Å². The molecule has 0 N–H and O–H groups in total. The summed E-state index contributed by atoms with van der Waals surface area (Å²) in [4.78, 5) is 11.7. The fourth-order valence-corrected chi connectivity index (χ4v) is 4.54. The van der Waals surface area contributed by atoms with E-state index in [0.717, 1.165) is 52.1 Å². The Bertz CT molecular complexity index is 1310. The van der Waals surface area contributed by atoms with Gasteiger partial charge in [0.2, 0.25) is 0 Å². The van der Waals surface area contributed by atoms with Gasteiger partial charge < -0.3 is 9.64 Å². The van der Waals surface area contributed by atoms with Crippen molar-refractivity contribution in [1.82, 2.24) is 9.97 Å². The lowest BCUT2D eigenvalue weighted by molar-refractivity contribution is -0.00545. The predicted molar refractivity (Wildman–Crippen MR) is 140 cm³/mol. The molecule has 0 radical (unpaired) electrons. The standard InChI is InChI=1S/C28H27ClN4O/c1-5-21(13-30)10-9-18(2)23-7-6-8-24-27(29)25(15-32-28(23)24)22-11-12-26(31-14-22)33-16-19(3)34-20(4)17-33/h5-12,14-15,19-20H,2,16-17H2,1,3-4H3/b10-9-,21-5+/t19-,20+. The number of hydrogen-bond donors (Lipinski definition) is 0. The van der Waals surface area contributed by atoms with Gasteiger partial charge in [-0.2, -0.15) is 5.26 Å². The minimum absolute atomic E-state index is 0.174. The second kappa shape index (κ2) is 10.2. The predicted octanol–water partition coefficient (Wildman–Crippen LogP) is 6.60. The first-order chi connectivity index (χ1) is 16.4. The number of anilines is 1. The molecule has 1 aromatic carbocycles. The molecule has 1 aliphatic heterocycles. The lowest BCUT2D eigenvalue weighted by Crippen LogP contribution is -2.45. The van der Waals surface area contributed by atoms with Crippen LogP contribution in [0.4, 0.5) is 5.82 Å². The molecule has 2 atom stereocenters. The molecule has 0 amide bonds. The van der Waals surface area contributed by atoms with Crippen LogP contribution in [-0.2, 0) is 4.74 Å². The number of allylic oxidation sites excluding steroid dienone is 5. The zero-order valence-corrected chi connectivity index (χ0v) is 20.4. The number of hydrogen-bond acceptors (Lipinski definition) is 5. The normalized spacial score (nSPS) is 18.9. The van der Waals surface area contributed by atoms with Crippen molar-refractivity contribution < 1.29 is 4.74 Å². The number of pyridine rings is 2. The van der Waals surface area contributed by atoms with Crippen LogP contribution in [0.5, 0.6) is 0 Å². The molecule has 6 heteroatoms. The van der Waals surface area contributed by atoms with Crippen molar-refractivity contribution in [1.29, 1.82) is 5.26 Å². The Morgan fingerprint density at radius 2 is 1.91 bits per heavy atom. The second-order valence-corrected chi connectivity index (χ2v) is 8.85. The number of benzene rings is 1. The summed E-state index contributed by atoms with van der Waals surface area (Å²) in [7, 11) is 0. The van der Waals surface area contributed by atoms with Gasteiger partial charge in [0.25, 0.3) is 0 Å². The Hall–Kier alpha value is -3.46. The molecule has 0 spiro atoms. The zero-order valence-electron chi connectivity index (χ0n) is 19.6. The molecule has 5 nitrogen and oxygen atoms in total. The maximum absolute atomic E-state index is 9.13. The van der Waals surface area contributed by atoms with E-state index < -0.39 is 0 Å². The topological polar surface area (TPSA) is 62.0 Å². The Balaban J connectivity index is 1.64. The molecule has 0 unspecified atom stereocenters. The Morgan fingerprint density at radius 3 is 2.56 bits per heavy atom. The van der Waals surface area contributed by atoms with Gasteiger partial charge in [0.15, 0.2) is 0 Å². The van der Waals surface area contributed by atoms with E-state index in [9.17, 15) is 0 Å². The van der Waals surface area contributed by atoms with Crippen LogP contribution in [0, 0.1) is 11.3 Å². The van der Waals surface area contributed by atoms with Gasteiger partial charge in [0.1, 0.15) is 5.82 Å². The molecule has 1 fully saturated rings. The SMILES string of the molecule is C=C(/C=C\C(C#N)=C/C)c1cccc2c(Cl)c(-c3ccc(N4C[C@@H](C)O[C@@H](C)C4)nc3)cnc12. The van der Waals surface area contributed by atoms with Crippen molar-refractivity contribution in [2.45, 2.75) is 33.0 Å². The molecule has 34 heavy (non-hydrogen) atoms. The van der Waals surface area contributed by atoms with E-state index in [-0.39, 0.29) is 12.2 Å². The highest BCUT2D eigenvalue weighted by Crippen LogP contribution is 2.36. The van der Waals surface area contributed by atoms with Gasteiger partial charge in [-0.1, -0.05) is 48.5 Å². The van der Waals surface area contributed by atoms with Gasteiger partial charge in [-0.15, -0.1) is 0 Å². The van der Waals surface area contributed by atoms with E-state index in [1.165, 1.54) is 0 Å². The summed E-state index contributed by atoms with van der Waals surface area (Å²) in [6.45, 7) is 11.8. The summed E-state index contributed by atoms with van der Waals surface area (Å²) in [6.07, 6.45) is 9.31. The summed E-state index contributed by atoms with van der Waals surface area (Å²) in [6, 6.07) is 12.1. The van der Waals surface area contributed by atoms with Crippen LogP contribution < -0.4 is 4.90 Å². The fraction of sp³-hybridized carbons (Fsp3) is 0.250. The molecule has 172 valence electrons. The van der Waals surface area contributed by atoms with E-state index >= 15 is 0 Å². The van der Waals surface area contributed by atoms with E-state index in [4.69, 9.17) is 31.6 Å². The molecule has 0 saturated carbocycles. The highest BCUT2D eigenvalue weighted by atomic mass is 35.5. The van der Waals surface area contributed by atoms with Gasteiger partial charge in [-0.05, 0) is 44.6 Å². The number of nitrogens with zero attached hydrogens (tertiary/aromatic N) is 4. The lowest BCUT2D eigenvalue weighted by atomic mass is 10.00. The Morgan fingerprint density at radius 1 is 1.15 bits per heavy atom. The quantitative estimate of drug-likeness (QED) is 0.310. The van der Waals surface area contributed by atoms with Crippen molar-refractivity contribution >= 4 is 33.9 Å². The average Bonchev–Trinajstić information content (AvgIpc) is 2.84. The number of nitriles is 1. The van der Waals surface area contributed by atoms with Gasteiger partial charge in [-0.3, -0.25) is 4.98 Å². The molecule has 1 saturated heterocycles. The molecule has 0 bridgehead atoms. The van der Waals surface area contributed by atoms with Crippen LogP contribution in [0.15, 0.2) is 73.1 Å². The minimum Gasteiger partial charge on any atom is -0.372 e. The van der Waals surface area contributed by atoms with Gasteiger partial charge in [0.05, 0.1) is 28.8 Å². The molecule has 2 aromatic heterocycles. The number of fused-ring (bicyclic) bond motifs is 1. The van der Waals surface area contributed by atoms with E-state index in [1.807, 2.05) is 49.5 Å². The van der Waals surface area contributed by atoms with Crippen molar-refractivity contribution in [3.8, 4) is 17.2 Å². The largest absolute Gasteiger partial charge is 0.372 e. The number of morpholine rings is 1. The van der Waals surface area contributed by atoms with Gasteiger partial charge in [0, 0.05) is 53.1 Å². The summed E-state index contributed by atoms with van der Waals surface area (Å²) < 4.78 is 5.83. The molecular weight excluding hydrogens is 444 g/mol. The number of para-hydroxylation sites is 1. The number of halogens is 1. The summed E-state index contributed by atoms with van der Waals surface area (Å²) >= 11 is 6.86. The molecule has 0 aliphatic carbocycles. The lowest BCUT2D eigenvalue weighted by Gasteiger charge is -2.36. The molecule has 4 rings (SSSR count). The summed E-state index contributed by atoms with van der Waals surface area (Å²) in [5, 5.41) is 10.6. The Kier molecular flexibility index (Phi) is 7.12. The van der Waals surface area contributed by atoms with E-state index in [2.05, 4.69) is 31.4 Å². The third kappa shape index (κ3) is 4.89. The van der Waals surface area contributed by atoms with Gasteiger partial charge in [-0.25, -0.2) is 4.98 Å². The maximum Gasteiger partial charge on any atom is 0.128 e. The van der Waals surface area contributed by atoms with Crippen LogP contribution in [0.25, 0.3) is 27.6 Å². The third-order valence-corrected chi connectivity index (χ3v) is 6.29. The fourth-order valence-electron chi connectivity index (χ4n) is 4.23. The first-order valence-corrected chi connectivity index (χ1v) is 11.7. The van der Waals surface area contributed by atoms with Crippen molar-refractivity contribution in [2.24, 2.45) is 0 Å². The molecule has 3 heterocycles. The van der Waals surface area contributed by atoms with Crippen molar-refractivity contribution in [2.75, 3.05) is 18.0 Å². The average molecular weight is 471 g/mol. The van der Waals surface area contributed by atoms with Gasteiger partial charge >= 0.3 is 0 Å². The third-order valence-electron chi connectivity index (χ3n) is 5.88.